The highest BCUT2D eigenvalue weighted by Gasteiger charge is 2.15. The number of esters is 1. The number of hydrogen-bond acceptors (Lipinski definition) is 3. The van der Waals surface area contributed by atoms with Crippen LogP contribution in [0.15, 0.2) is 54.6 Å². The van der Waals surface area contributed by atoms with Gasteiger partial charge in [-0.25, -0.2) is 4.79 Å². The fourth-order valence-electron chi connectivity index (χ4n) is 3.54. The summed E-state index contributed by atoms with van der Waals surface area (Å²) in [6.07, 6.45) is 9.77. The van der Waals surface area contributed by atoms with E-state index in [0.29, 0.717) is 12.5 Å². The molecule has 0 radical (unpaired) electrons. The molecule has 0 atom stereocenters. The highest BCUT2D eigenvalue weighted by molar-refractivity contribution is 5.87. The fourth-order valence-corrected chi connectivity index (χ4v) is 3.54. The molecule has 1 aliphatic carbocycles. The van der Waals surface area contributed by atoms with Crippen molar-refractivity contribution in [3.8, 4) is 16.9 Å². The van der Waals surface area contributed by atoms with E-state index in [1.54, 1.807) is 13.0 Å². The Morgan fingerprint density at radius 3 is 2.59 bits per heavy atom. The lowest BCUT2D eigenvalue weighted by molar-refractivity contribution is -0.137. The van der Waals surface area contributed by atoms with E-state index >= 15 is 0 Å². The predicted molar refractivity (Wildman–Crippen MR) is 110 cm³/mol. The summed E-state index contributed by atoms with van der Waals surface area (Å²) in [7, 11) is 0. The van der Waals surface area contributed by atoms with Crippen molar-refractivity contribution in [3.63, 3.8) is 0 Å². The topological polar surface area (TPSA) is 35.5 Å². The van der Waals surface area contributed by atoms with Crippen molar-refractivity contribution in [2.45, 2.75) is 39.0 Å². The van der Waals surface area contributed by atoms with Gasteiger partial charge in [-0.2, -0.15) is 0 Å². The van der Waals surface area contributed by atoms with Gasteiger partial charge in [0, 0.05) is 11.6 Å². The Balaban J connectivity index is 1.80. The molecule has 142 valence electrons. The molecule has 0 aromatic heterocycles. The Morgan fingerprint density at radius 2 is 1.85 bits per heavy atom. The van der Waals surface area contributed by atoms with Gasteiger partial charge in [0.2, 0.25) is 0 Å². The highest BCUT2D eigenvalue weighted by Crippen LogP contribution is 2.33. The summed E-state index contributed by atoms with van der Waals surface area (Å²) in [6, 6.07) is 16.3. The first-order valence-electron chi connectivity index (χ1n) is 9.93. The molecule has 3 heteroatoms. The Kier molecular flexibility index (Phi) is 7.09. The SMILES string of the molecule is CCOC(=O)C=Cc1ccc(OCC2CCCCC2)c(-c2ccccc2)c1. The third-order valence-electron chi connectivity index (χ3n) is 4.99. The molecule has 2 aromatic carbocycles. The third kappa shape index (κ3) is 5.72. The first-order valence-corrected chi connectivity index (χ1v) is 9.93. The first kappa shape index (κ1) is 19.2. The van der Waals surface area contributed by atoms with Gasteiger partial charge in [-0.15, -0.1) is 0 Å². The summed E-state index contributed by atoms with van der Waals surface area (Å²) in [5.74, 6) is 1.24. The molecule has 0 unspecified atom stereocenters. The van der Waals surface area contributed by atoms with Crippen LogP contribution in [0.25, 0.3) is 17.2 Å². The predicted octanol–water partition coefficient (Wildman–Crippen LogP) is 5.89. The summed E-state index contributed by atoms with van der Waals surface area (Å²) >= 11 is 0. The molecule has 0 amide bonds. The van der Waals surface area contributed by atoms with Gasteiger partial charge in [0.15, 0.2) is 0 Å². The standard InChI is InChI=1S/C24H28O3/c1-2-26-24(25)16-14-19-13-15-23(27-18-20-9-5-3-6-10-20)22(17-19)21-11-7-4-8-12-21/h4,7-8,11-17,20H,2-3,5-6,9-10,18H2,1H3. The van der Waals surface area contributed by atoms with E-state index in [1.165, 1.54) is 38.2 Å². The van der Waals surface area contributed by atoms with Crippen molar-refractivity contribution in [2.24, 2.45) is 5.92 Å². The minimum Gasteiger partial charge on any atom is -0.493 e. The Morgan fingerprint density at radius 1 is 1.07 bits per heavy atom. The summed E-state index contributed by atoms with van der Waals surface area (Å²) in [6.45, 7) is 2.96. The van der Waals surface area contributed by atoms with Gasteiger partial charge >= 0.3 is 5.97 Å². The zero-order valence-corrected chi connectivity index (χ0v) is 16.0. The molecule has 0 aliphatic heterocycles. The molecule has 0 bridgehead atoms. The second-order valence-electron chi connectivity index (χ2n) is 7.02. The van der Waals surface area contributed by atoms with E-state index in [0.717, 1.165) is 29.0 Å². The van der Waals surface area contributed by atoms with Crippen LogP contribution in [-0.2, 0) is 9.53 Å². The normalized spacial score (nSPS) is 15.0. The zero-order chi connectivity index (χ0) is 18.9. The van der Waals surface area contributed by atoms with Crippen LogP contribution in [0.3, 0.4) is 0 Å². The van der Waals surface area contributed by atoms with Crippen molar-refractivity contribution in [3.05, 3.63) is 60.2 Å². The smallest absolute Gasteiger partial charge is 0.330 e. The van der Waals surface area contributed by atoms with E-state index in [9.17, 15) is 4.79 Å². The van der Waals surface area contributed by atoms with E-state index in [1.807, 2.05) is 30.3 Å². The molecular weight excluding hydrogens is 336 g/mol. The fraction of sp³-hybridized carbons (Fsp3) is 0.375. The Bertz CT molecular complexity index is 758. The maximum absolute atomic E-state index is 11.6. The second-order valence-corrected chi connectivity index (χ2v) is 7.02. The number of carbonyl (C=O) groups excluding carboxylic acids is 1. The molecule has 1 aliphatic rings. The van der Waals surface area contributed by atoms with Crippen LogP contribution >= 0.6 is 0 Å². The van der Waals surface area contributed by atoms with Gasteiger partial charge in [-0.1, -0.05) is 55.7 Å². The summed E-state index contributed by atoms with van der Waals surface area (Å²) in [4.78, 5) is 11.6. The lowest BCUT2D eigenvalue weighted by Gasteiger charge is -2.22. The van der Waals surface area contributed by atoms with Crippen LogP contribution in [0.4, 0.5) is 0 Å². The van der Waals surface area contributed by atoms with Crippen molar-refractivity contribution in [1.29, 1.82) is 0 Å². The van der Waals surface area contributed by atoms with Gasteiger partial charge < -0.3 is 9.47 Å². The summed E-state index contributed by atoms with van der Waals surface area (Å²) < 4.78 is 11.2. The monoisotopic (exact) mass is 364 g/mol. The van der Waals surface area contributed by atoms with Crippen molar-refractivity contribution in [1.82, 2.24) is 0 Å². The molecule has 0 spiro atoms. The van der Waals surface area contributed by atoms with Gasteiger partial charge in [0.05, 0.1) is 13.2 Å². The molecule has 2 aromatic rings. The average molecular weight is 364 g/mol. The molecule has 27 heavy (non-hydrogen) atoms. The van der Waals surface area contributed by atoms with Gasteiger partial charge in [-0.3, -0.25) is 0 Å². The number of hydrogen-bond donors (Lipinski definition) is 0. The van der Waals surface area contributed by atoms with Crippen LogP contribution in [0.2, 0.25) is 0 Å². The Labute approximate surface area is 162 Å². The maximum atomic E-state index is 11.6. The van der Waals surface area contributed by atoms with Crippen LogP contribution in [0.5, 0.6) is 5.75 Å². The van der Waals surface area contributed by atoms with Gasteiger partial charge in [0.25, 0.3) is 0 Å². The van der Waals surface area contributed by atoms with E-state index < -0.39 is 0 Å². The molecule has 3 nitrogen and oxygen atoms in total. The van der Waals surface area contributed by atoms with Gasteiger partial charge in [-0.05, 0) is 55.0 Å². The Hall–Kier alpha value is -2.55. The van der Waals surface area contributed by atoms with E-state index in [2.05, 4.69) is 18.2 Å². The summed E-state index contributed by atoms with van der Waals surface area (Å²) in [5, 5.41) is 0. The number of carbonyl (C=O) groups is 1. The molecular formula is C24H28O3. The minimum atomic E-state index is -0.323. The van der Waals surface area contributed by atoms with E-state index in [-0.39, 0.29) is 5.97 Å². The average Bonchev–Trinajstić information content (AvgIpc) is 2.72. The number of benzene rings is 2. The number of rotatable bonds is 7. The molecule has 1 fully saturated rings. The minimum absolute atomic E-state index is 0.323. The quantitative estimate of drug-likeness (QED) is 0.454. The maximum Gasteiger partial charge on any atom is 0.330 e. The zero-order valence-electron chi connectivity index (χ0n) is 16.0. The van der Waals surface area contributed by atoms with Crippen molar-refractivity contribution < 1.29 is 14.3 Å². The molecule has 0 heterocycles. The molecule has 0 N–H and O–H groups in total. The van der Waals surface area contributed by atoms with Gasteiger partial charge in [0.1, 0.15) is 5.75 Å². The van der Waals surface area contributed by atoms with Crippen molar-refractivity contribution >= 4 is 12.0 Å². The van der Waals surface area contributed by atoms with E-state index in [4.69, 9.17) is 9.47 Å². The second kappa shape index (κ2) is 9.96. The van der Waals surface area contributed by atoms with Crippen molar-refractivity contribution in [2.75, 3.05) is 13.2 Å². The first-order chi connectivity index (χ1) is 13.3. The highest BCUT2D eigenvalue weighted by atomic mass is 16.5. The number of ether oxygens (including phenoxy) is 2. The molecule has 1 saturated carbocycles. The lowest BCUT2D eigenvalue weighted by Crippen LogP contribution is -2.15. The lowest BCUT2D eigenvalue weighted by atomic mass is 9.90. The third-order valence-corrected chi connectivity index (χ3v) is 4.99. The van der Waals surface area contributed by atoms with Crippen LogP contribution in [-0.4, -0.2) is 19.2 Å². The molecule has 3 rings (SSSR count). The largest absolute Gasteiger partial charge is 0.493 e. The van der Waals surface area contributed by atoms with Crippen LogP contribution in [0.1, 0.15) is 44.6 Å². The van der Waals surface area contributed by atoms with Crippen LogP contribution in [0, 0.1) is 5.92 Å². The molecule has 0 saturated heterocycles. The van der Waals surface area contributed by atoms with Crippen LogP contribution < -0.4 is 4.74 Å². The summed E-state index contributed by atoms with van der Waals surface area (Å²) in [5.41, 5.74) is 3.12.